The normalized spacial score (nSPS) is 9.46. The molecule has 0 bridgehead atoms. The molecular weight excluding hydrogens is 355 g/mol. The van der Waals surface area contributed by atoms with Gasteiger partial charge in [0.1, 0.15) is 0 Å². The molecule has 0 saturated carbocycles. The summed E-state index contributed by atoms with van der Waals surface area (Å²) >= 11 is 12.1. The number of anilines is 1. The summed E-state index contributed by atoms with van der Waals surface area (Å²) in [5.41, 5.74) is 0.118. The molecule has 1 rings (SSSR count). The predicted molar refractivity (Wildman–Crippen MR) is 95.8 cm³/mol. The van der Waals surface area contributed by atoms with Gasteiger partial charge in [0, 0.05) is 13.5 Å². The number of benzene rings is 1. The maximum Gasteiger partial charge on any atom is 0.339 e. The van der Waals surface area contributed by atoms with E-state index >= 15 is 0 Å². The molecule has 0 saturated heterocycles. The second-order valence-electron chi connectivity index (χ2n) is 4.38. The number of hydrogen-bond donors (Lipinski definition) is 1. The molecule has 1 aromatic carbocycles. The van der Waals surface area contributed by atoms with Crippen molar-refractivity contribution in [2.24, 2.45) is 0 Å². The Bertz CT molecular complexity index is 606. The fourth-order valence-corrected chi connectivity index (χ4v) is 2.28. The van der Waals surface area contributed by atoms with Gasteiger partial charge in [-0.2, -0.15) is 0 Å². The Kier molecular flexibility index (Phi) is 10.1. The number of ether oxygens (including phenoxy) is 1. The van der Waals surface area contributed by atoms with Crippen LogP contribution in [-0.4, -0.2) is 36.5 Å². The summed E-state index contributed by atoms with van der Waals surface area (Å²) in [6.45, 7) is 7.37. The molecule has 134 valence electrons. The highest BCUT2D eigenvalue weighted by Crippen LogP contribution is 2.33. The number of carbonyl (C=O) groups excluding carboxylic acids is 3. The third-order valence-electron chi connectivity index (χ3n) is 2.80. The number of imide groups is 1. The third kappa shape index (κ3) is 5.69. The molecule has 0 fully saturated rings. The molecule has 24 heavy (non-hydrogen) atoms. The van der Waals surface area contributed by atoms with E-state index in [1.54, 1.807) is 0 Å². The van der Waals surface area contributed by atoms with E-state index in [2.05, 4.69) is 10.1 Å². The number of rotatable bonds is 4. The molecule has 0 aromatic heterocycles. The van der Waals surface area contributed by atoms with E-state index < -0.39 is 17.9 Å². The highest BCUT2D eigenvalue weighted by Gasteiger charge is 2.22. The van der Waals surface area contributed by atoms with Gasteiger partial charge < -0.3 is 10.1 Å². The van der Waals surface area contributed by atoms with Gasteiger partial charge in [0.15, 0.2) is 0 Å². The van der Waals surface area contributed by atoms with Crippen LogP contribution in [0.5, 0.6) is 0 Å². The fourth-order valence-electron chi connectivity index (χ4n) is 1.73. The lowest BCUT2D eigenvalue weighted by Crippen LogP contribution is -2.39. The molecule has 0 spiro atoms. The van der Waals surface area contributed by atoms with Crippen molar-refractivity contribution in [1.82, 2.24) is 4.90 Å². The SMILES string of the molecule is CC.CCCN(C(C)=O)C(=O)Nc1c(Cl)ccc(C(=O)OC)c1Cl. The summed E-state index contributed by atoms with van der Waals surface area (Å²) in [5, 5.41) is 2.55. The number of nitrogens with zero attached hydrogens (tertiary/aromatic N) is 1. The molecular formula is C16H22Cl2N2O4. The first kappa shape index (κ1) is 22.2. The van der Waals surface area contributed by atoms with E-state index in [9.17, 15) is 14.4 Å². The minimum absolute atomic E-state index is 0.0484. The zero-order valence-electron chi connectivity index (χ0n) is 14.4. The van der Waals surface area contributed by atoms with Gasteiger partial charge in [-0.05, 0) is 18.6 Å². The lowest BCUT2D eigenvalue weighted by Gasteiger charge is -2.20. The first-order chi connectivity index (χ1) is 11.3. The van der Waals surface area contributed by atoms with E-state index in [1.165, 1.54) is 26.2 Å². The van der Waals surface area contributed by atoms with Crippen LogP contribution in [0.25, 0.3) is 0 Å². The smallest absolute Gasteiger partial charge is 0.339 e. The van der Waals surface area contributed by atoms with Crippen LogP contribution in [-0.2, 0) is 9.53 Å². The third-order valence-corrected chi connectivity index (χ3v) is 3.51. The predicted octanol–water partition coefficient (Wildman–Crippen LogP) is 4.60. The Morgan fingerprint density at radius 3 is 2.25 bits per heavy atom. The number of amides is 3. The molecule has 0 heterocycles. The number of nitrogens with one attached hydrogen (secondary N) is 1. The Morgan fingerprint density at radius 2 is 1.79 bits per heavy atom. The Hall–Kier alpha value is -1.79. The zero-order chi connectivity index (χ0) is 18.9. The molecule has 1 aromatic rings. The van der Waals surface area contributed by atoms with Crippen molar-refractivity contribution in [1.29, 1.82) is 0 Å². The van der Waals surface area contributed by atoms with E-state index in [0.717, 1.165) is 4.90 Å². The quantitative estimate of drug-likeness (QED) is 0.779. The summed E-state index contributed by atoms with van der Waals surface area (Å²) in [5.74, 6) is -1.06. The maximum atomic E-state index is 12.2. The van der Waals surface area contributed by atoms with E-state index in [0.29, 0.717) is 6.42 Å². The summed E-state index contributed by atoms with van der Waals surface area (Å²) in [7, 11) is 1.21. The van der Waals surface area contributed by atoms with Gasteiger partial charge in [0.25, 0.3) is 0 Å². The summed E-state index contributed by atoms with van der Waals surface area (Å²) < 4.78 is 4.60. The van der Waals surface area contributed by atoms with Crippen LogP contribution >= 0.6 is 23.2 Å². The average Bonchev–Trinajstić information content (AvgIpc) is 2.57. The van der Waals surface area contributed by atoms with Crippen molar-refractivity contribution < 1.29 is 19.1 Å². The number of halogens is 2. The van der Waals surface area contributed by atoms with E-state index in [4.69, 9.17) is 23.2 Å². The number of urea groups is 1. The molecule has 8 heteroatoms. The molecule has 0 radical (unpaired) electrons. The second-order valence-corrected chi connectivity index (χ2v) is 5.16. The molecule has 0 aliphatic heterocycles. The lowest BCUT2D eigenvalue weighted by molar-refractivity contribution is -0.125. The fraction of sp³-hybridized carbons (Fsp3) is 0.438. The Labute approximate surface area is 152 Å². The molecule has 6 nitrogen and oxygen atoms in total. The van der Waals surface area contributed by atoms with Crippen LogP contribution in [0.4, 0.5) is 10.5 Å². The van der Waals surface area contributed by atoms with Crippen LogP contribution in [0.2, 0.25) is 10.0 Å². The van der Waals surface area contributed by atoms with Gasteiger partial charge in [-0.15, -0.1) is 0 Å². The number of carbonyl (C=O) groups is 3. The summed E-state index contributed by atoms with van der Waals surface area (Å²) in [6, 6.07) is 2.13. The first-order valence-corrected chi connectivity index (χ1v) is 8.24. The minimum atomic E-state index is -0.667. The number of methoxy groups -OCH3 is 1. The van der Waals surface area contributed by atoms with E-state index in [1.807, 2.05) is 20.8 Å². The van der Waals surface area contributed by atoms with Crippen molar-refractivity contribution in [2.75, 3.05) is 19.0 Å². The molecule has 0 unspecified atom stereocenters. The van der Waals surface area contributed by atoms with E-state index in [-0.39, 0.29) is 27.8 Å². The largest absolute Gasteiger partial charge is 0.465 e. The Balaban J connectivity index is 0.00000254. The topological polar surface area (TPSA) is 75.7 Å². The van der Waals surface area contributed by atoms with Crippen molar-refractivity contribution >= 4 is 46.8 Å². The van der Waals surface area contributed by atoms with Crippen LogP contribution in [0.1, 0.15) is 44.5 Å². The van der Waals surface area contributed by atoms with Gasteiger partial charge in [-0.1, -0.05) is 44.0 Å². The van der Waals surface area contributed by atoms with Crippen LogP contribution in [0, 0.1) is 0 Å². The van der Waals surface area contributed by atoms with Crippen molar-refractivity contribution in [3.8, 4) is 0 Å². The highest BCUT2D eigenvalue weighted by molar-refractivity contribution is 6.41. The second kappa shape index (κ2) is 10.9. The molecule has 0 atom stereocenters. The molecule has 0 aliphatic rings. The zero-order valence-corrected chi connectivity index (χ0v) is 15.9. The monoisotopic (exact) mass is 376 g/mol. The lowest BCUT2D eigenvalue weighted by atomic mass is 10.2. The standard InChI is InChI=1S/C14H16Cl2N2O4.C2H6/c1-4-7-18(8(2)19)14(21)17-12-10(15)6-5-9(11(12)16)13(20)22-3;1-2/h5-6H,4,7H2,1-3H3,(H,17,21);1-2H3. The number of hydrogen-bond acceptors (Lipinski definition) is 4. The molecule has 1 N–H and O–H groups in total. The van der Waals surface area contributed by atoms with Crippen molar-refractivity contribution in [3.05, 3.63) is 27.7 Å². The first-order valence-electron chi connectivity index (χ1n) is 7.48. The number of esters is 1. The Morgan fingerprint density at radius 1 is 1.21 bits per heavy atom. The van der Waals surface area contributed by atoms with Gasteiger partial charge in [-0.3, -0.25) is 9.69 Å². The summed E-state index contributed by atoms with van der Waals surface area (Å²) in [4.78, 5) is 36.3. The van der Waals surface area contributed by atoms with Crippen molar-refractivity contribution in [2.45, 2.75) is 34.1 Å². The highest BCUT2D eigenvalue weighted by atomic mass is 35.5. The van der Waals surface area contributed by atoms with Crippen molar-refractivity contribution in [3.63, 3.8) is 0 Å². The maximum absolute atomic E-state index is 12.2. The summed E-state index contributed by atoms with van der Waals surface area (Å²) in [6.07, 6.45) is 0.608. The van der Waals surface area contributed by atoms with Gasteiger partial charge >= 0.3 is 12.0 Å². The minimum Gasteiger partial charge on any atom is -0.465 e. The van der Waals surface area contributed by atoms with Gasteiger partial charge in [-0.25, -0.2) is 9.59 Å². The van der Waals surface area contributed by atoms with Crippen LogP contribution in [0.3, 0.4) is 0 Å². The average molecular weight is 377 g/mol. The molecule has 3 amide bonds. The van der Waals surface area contributed by atoms with Gasteiger partial charge in [0.2, 0.25) is 5.91 Å². The molecule has 0 aliphatic carbocycles. The van der Waals surface area contributed by atoms with Crippen LogP contribution in [0.15, 0.2) is 12.1 Å². The van der Waals surface area contributed by atoms with Gasteiger partial charge in [0.05, 0.1) is 28.4 Å². The van der Waals surface area contributed by atoms with Crippen LogP contribution < -0.4 is 5.32 Å².